The fourth-order valence-electron chi connectivity index (χ4n) is 3.91. The highest BCUT2D eigenvalue weighted by Crippen LogP contribution is 2.35. The number of aromatic nitrogens is 3. The molecule has 1 unspecified atom stereocenters. The van der Waals surface area contributed by atoms with Gasteiger partial charge in [-0.1, -0.05) is 18.2 Å². The molecule has 4 rings (SSSR count). The normalized spacial score (nSPS) is 16.9. The molecule has 2 N–H and O–H groups in total. The van der Waals surface area contributed by atoms with E-state index in [1.807, 2.05) is 23.6 Å². The van der Waals surface area contributed by atoms with Crippen LogP contribution in [0.25, 0.3) is 10.7 Å². The van der Waals surface area contributed by atoms with Crippen molar-refractivity contribution in [3.63, 3.8) is 0 Å². The quantitative estimate of drug-likeness (QED) is 0.556. The first-order valence-corrected chi connectivity index (χ1v) is 11.1. The zero-order valence-corrected chi connectivity index (χ0v) is 18.2. The molecule has 1 atom stereocenters. The predicted molar refractivity (Wildman–Crippen MR) is 117 cm³/mol. The summed E-state index contributed by atoms with van der Waals surface area (Å²) in [6.07, 6.45) is 1.44. The average molecular weight is 447 g/mol. The Labute approximate surface area is 183 Å². The van der Waals surface area contributed by atoms with E-state index in [9.17, 15) is 9.18 Å². The molecule has 0 bridgehead atoms. The third-order valence-electron chi connectivity index (χ3n) is 5.70. The van der Waals surface area contributed by atoms with Crippen molar-refractivity contribution in [1.29, 1.82) is 0 Å². The number of carbonyl (C=O) groups excluding carboxylic acids is 1. The summed E-state index contributed by atoms with van der Waals surface area (Å²) in [6.45, 7) is 3.37. The molecule has 1 aliphatic heterocycles. The lowest BCUT2D eigenvalue weighted by Gasteiger charge is -2.38. The lowest BCUT2D eigenvalue weighted by atomic mass is 9.74. The minimum atomic E-state index is -0.544. The summed E-state index contributed by atoms with van der Waals surface area (Å²) >= 11 is 6.91. The van der Waals surface area contributed by atoms with E-state index >= 15 is 0 Å². The van der Waals surface area contributed by atoms with Gasteiger partial charge in [0.2, 0.25) is 5.91 Å². The molecule has 3 heterocycles. The van der Waals surface area contributed by atoms with Crippen LogP contribution in [0.3, 0.4) is 0 Å². The number of amides is 1. The predicted octanol–water partition coefficient (Wildman–Crippen LogP) is 4.23. The first-order chi connectivity index (χ1) is 14.5. The van der Waals surface area contributed by atoms with Crippen molar-refractivity contribution in [3.05, 3.63) is 57.9 Å². The minimum absolute atomic E-state index is 0.160. The molecule has 9 heteroatoms. The van der Waals surface area contributed by atoms with Crippen LogP contribution in [-0.2, 0) is 14.9 Å². The van der Waals surface area contributed by atoms with Gasteiger partial charge < -0.3 is 10.1 Å². The van der Waals surface area contributed by atoms with Crippen molar-refractivity contribution < 1.29 is 13.9 Å². The van der Waals surface area contributed by atoms with Gasteiger partial charge in [0.05, 0.1) is 4.88 Å². The van der Waals surface area contributed by atoms with Crippen molar-refractivity contribution in [2.75, 3.05) is 19.8 Å². The van der Waals surface area contributed by atoms with Crippen LogP contribution in [-0.4, -0.2) is 40.4 Å². The summed E-state index contributed by atoms with van der Waals surface area (Å²) in [6, 6.07) is 9.96. The van der Waals surface area contributed by atoms with Crippen molar-refractivity contribution in [2.45, 2.75) is 31.2 Å². The number of carbonyl (C=O) groups is 1. The number of hydrogen-bond acceptors (Lipinski definition) is 5. The van der Waals surface area contributed by atoms with Crippen LogP contribution >= 0.6 is 23.6 Å². The Kier molecular flexibility index (Phi) is 6.12. The highest BCUT2D eigenvalue weighted by molar-refractivity contribution is 7.71. The number of H-pyrrole nitrogens is 1. The van der Waals surface area contributed by atoms with E-state index in [2.05, 4.69) is 15.5 Å². The Balaban J connectivity index is 1.55. The van der Waals surface area contributed by atoms with Gasteiger partial charge in [0.25, 0.3) is 0 Å². The number of nitrogens with zero attached hydrogens (tertiary/aromatic N) is 2. The van der Waals surface area contributed by atoms with E-state index in [4.69, 9.17) is 17.0 Å². The Hall–Kier alpha value is -2.36. The van der Waals surface area contributed by atoms with Gasteiger partial charge in [0.15, 0.2) is 10.6 Å². The molecule has 0 spiro atoms. The van der Waals surface area contributed by atoms with Gasteiger partial charge in [-0.2, -0.15) is 5.10 Å². The molecule has 0 aliphatic carbocycles. The number of hydrogen-bond donors (Lipinski definition) is 2. The summed E-state index contributed by atoms with van der Waals surface area (Å²) in [5.41, 5.74) is 0.530. The summed E-state index contributed by atoms with van der Waals surface area (Å²) in [4.78, 5) is 14.0. The van der Waals surface area contributed by atoms with Gasteiger partial charge in [0.1, 0.15) is 11.9 Å². The molecule has 1 aliphatic rings. The number of nitrogens with one attached hydrogen (secondary N) is 2. The largest absolute Gasteiger partial charge is 0.381 e. The van der Waals surface area contributed by atoms with Gasteiger partial charge in [0, 0.05) is 25.2 Å². The Morgan fingerprint density at radius 1 is 1.40 bits per heavy atom. The maximum Gasteiger partial charge on any atom is 0.242 e. The molecule has 30 heavy (non-hydrogen) atoms. The minimum Gasteiger partial charge on any atom is -0.381 e. The number of aromatic amines is 1. The van der Waals surface area contributed by atoms with Crippen molar-refractivity contribution in [3.8, 4) is 10.7 Å². The first-order valence-electron chi connectivity index (χ1n) is 9.82. The zero-order valence-electron chi connectivity index (χ0n) is 16.6. The van der Waals surface area contributed by atoms with Gasteiger partial charge in [-0.3, -0.25) is 14.5 Å². The molecule has 3 aromatic rings. The van der Waals surface area contributed by atoms with E-state index in [0.717, 1.165) is 23.3 Å². The molecule has 6 nitrogen and oxygen atoms in total. The summed E-state index contributed by atoms with van der Waals surface area (Å²) in [7, 11) is 0. The monoisotopic (exact) mass is 446 g/mol. The molecular weight excluding hydrogens is 423 g/mol. The lowest BCUT2D eigenvalue weighted by molar-refractivity contribution is -0.124. The van der Waals surface area contributed by atoms with E-state index in [-0.39, 0.29) is 17.1 Å². The first kappa shape index (κ1) is 20.9. The van der Waals surface area contributed by atoms with Gasteiger partial charge in [-0.15, -0.1) is 11.3 Å². The topological polar surface area (TPSA) is 71.9 Å². The zero-order chi connectivity index (χ0) is 21.1. The molecule has 1 fully saturated rings. The smallest absolute Gasteiger partial charge is 0.242 e. The fraction of sp³-hybridized carbons (Fsp3) is 0.381. The molecule has 1 saturated heterocycles. The number of thiophene rings is 1. The van der Waals surface area contributed by atoms with Crippen LogP contribution < -0.4 is 5.32 Å². The van der Waals surface area contributed by atoms with E-state index < -0.39 is 6.04 Å². The van der Waals surface area contributed by atoms with E-state index in [0.29, 0.717) is 30.4 Å². The van der Waals surface area contributed by atoms with Crippen LogP contribution in [0.15, 0.2) is 41.8 Å². The lowest BCUT2D eigenvalue weighted by Crippen LogP contribution is -2.46. The molecule has 2 aromatic heterocycles. The standard InChI is InChI=1S/C21H23FN4O2S2/c1-14(26-18(24-25-20(26)29)17-6-3-11-30-17)19(27)23-13-21(7-9-28-10-8-21)15-4-2-5-16(22)12-15/h2-6,11-12,14H,7-10,13H2,1H3,(H,23,27)(H,25,29). The molecule has 0 saturated carbocycles. The Bertz CT molecular complexity index is 1070. The van der Waals surface area contributed by atoms with Crippen LogP contribution in [0.2, 0.25) is 0 Å². The third kappa shape index (κ3) is 4.10. The van der Waals surface area contributed by atoms with Crippen molar-refractivity contribution in [1.82, 2.24) is 20.1 Å². The summed E-state index contributed by atoms with van der Waals surface area (Å²) in [5.74, 6) is 0.208. The van der Waals surface area contributed by atoms with Gasteiger partial charge in [-0.05, 0) is 61.1 Å². The number of benzene rings is 1. The van der Waals surface area contributed by atoms with Gasteiger partial charge >= 0.3 is 0 Å². The van der Waals surface area contributed by atoms with Crippen LogP contribution in [0.4, 0.5) is 4.39 Å². The molecule has 1 amide bonds. The molecule has 0 radical (unpaired) electrons. The molecule has 1 aromatic carbocycles. The van der Waals surface area contributed by atoms with E-state index in [1.54, 1.807) is 23.6 Å². The number of ether oxygens (including phenoxy) is 1. The Morgan fingerprint density at radius 3 is 2.90 bits per heavy atom. The number of halogens is 1. The second-order valence-corrected chi connectivity index (χ2v) is 8.83. The highest BCUT2D eigenvalue weighted by Gasteiger charge is 2.36. The second kappa shape index (κ2) is 8.79. The molecular formula is C21H23FN4O2S2. The second-order valence-electron chi connectivity index (χ2n) is 7.50. The summed E-state index contributed by atoms with van der Waals surface area (Å²) in [5, 5.41) is 12.1. The highest BCUT2D eigenvalue weighted by atomic mass is 32.1. The van der Waals surface area contributed by atoms with Crippen molar-refractivity contribution >= 4 is 29.5 Å². The van der Waals surface area contributed by atoms with Crippen LogP contribution in [0.5, 0.6) is 0 Å². The average Bonchev–Trinajstić information content (AvgIpc) is 3.42. The Morgan fingerprint density at radius 2 is 2.20 bits per heavy atom. The third-order valence-corrected chi connectivity index (χ3v) is 6.85. The van der Waals surface area contributed by atoms with Gasteiger partial charge in [-0.25, -0.2) is 4.39 Å². The van der Waals surface area contributed by atoms with E-state index in [1.165, 1.54) is 17.4 Å². The van der Waals surface area contributed by atoms with Crippen LogP contribution in [0.1, 0.15) is 31.4 Å². The van der Waals surface area contributed by atoms with Crippen LogP contribution in [0, 0.1) is 10.6 Å². The van der Waals surface area contributed by atoms with Crippen molar-refractivity contribution in [2.24, 2.45) is 0 Å². The summed E-state index contributed by atoms with van der Waals surface area (Å²) < 4.78 is 21.5. The SMILES string of the molecule is CC(C(=O)NCC1(c2cccc(F)c2)CCOCC1)n1c(-c2cccs2)n[nH]c1=S. The fourth-order valence-corrected chi connectivity index (χ4v) is 4.91. The molecule has 158 valence electrons. The maximum absolute atomic E-state index is 13.9. The maximum atomic E-state index is 13.9. The number of rotatable bonds is 6.